The Balaban J connectivity index is 1.49. The van der Waals surface area contributed by atoms with Crippen LogP contribution >= 0.6 is 0 Å². The van der Waals surface area contributed by atoms with Crippen LogP contribution in [0.15, 0.2) is 87.1 Å². The van der Waals surface area contributed by atoms with Crippen molar-refractivity contribution in [2.45, 2.75) is 6.61 Å². The minimum Gasteiger partial charge on any atom is -0.497 e. The first-order valence-electron chi connectivity index (χ1n) is 9.00. The smallest absolute Gasteiger partial charge is 0.336 e. The molecule has 0 radical (unpaired) electrons. The number of rotatable bonds is 6. The lowest BCUT2D eigenvalue weighted by atomic mass is 10.1. The van der Waals surface area contributed by atoms with Gasteiger partial charge in [0.1, 0.15) is 23.7 Å². The van der Waals surface area contributed by atoms with Crippen molar-refractivity contribution in [3.63, 3.8) is 0 Å². The van der Waals surface area contributed by atoms with Crippen molar-refractivity contribution in [3.05, 3.63) is 94.6 Å². The Morgan fingerprint density at radius 2 is 1.86 bits per heavy atom. The van der Waals surface area contributed by atoms with Crippen molar-refractivity contribution < 1.29 is 13.9 Å². The molecule has 4 rings (SSSR count). The molecule has 144 valence electrons. The van der Waals surface area contributed by atoms with Crippen LogP contribution < -0.4 is 15.1 Å². The molecule has 0 aliphatic heterocycles. The van der Waals surface area contributed by atoms with Gasteiger partial charge in [-0.25, -0.2) is 4.79 Å². The molecular formula is C23H18N2O4. The van der Waals surface area contributed by atoms with Crippen LogP contribution in [0.2, 0.25) is 0 Å². The van der Waals surface area contributed by atoms with E-state index >= 15 is 0 Å². The Morgan fingerprint density at radius 3 is 2.62 bits per heavy atom. The van der Waals surface area contributed by atoms with E-state index in [-0.39, 0.29) is 6.61 Å². The molecule has 2 aromatic carbocycles. The van der Waals surface area contributed by atoms with Crippen LogP contribution in [0, 0.1) is 0 Å². The molecule has 0 saturated carbocycles. The summed E-state index contributed by atoms with van der Waals surface area (Å²) in [5, 5.41) is 0.778. The van der Waals surface area contributed by atoms with E-state index in [9.17, 15) is 4.79 Å². The van der Waals surface area contributed by atoms with Gasteiger partial charge in [-0.15, -0.1) is 0 Å². The maximum atomic E-state index is 11.8. The third-order valence-electron chi connectivity index (χ3n) is 4.30. The minimum absolute atomic E-state index is 0.228. The van der Waals surface area contributed by atoms with Gasteiger partial charge in [0.25, 0.3) is 0 Å². The van der Waals surface area contributed by atoms with Crippen molar-refractivity contribution in [2.75, 3.05) is 7.11 Å². The molecule has 0 bridgehead atoms. The first-order chi connectivity index (χ1) is 14.2. The number of pyridine rings is 1. The van der Waals surface area contributed by atoms with E-state index in [1.54, 1.807) is 31.7 Å². The number of nitrogens with zero attached hydrogens (tertiary/aromatic N) is 2. The molecule has 6 nitrogen and oxygen atoms in total. The second-order valence-corrected chi connectivity index (χ2v) is 6.25. The standard InChI is InChI=1S/C23H18N2O4/c1-27-20-9-10-22-21(13-20)16(12-23(26)29-22)15-28-19-7-5-17(6-8-19)25-14-18-4-2-3-11-24-18/h2-14H,15H2,1H3. The molecule has 2 aromatic heterocycles. The summed E-state index contributed by atoms with van der Waals surface area (Å²) >= 11 is 0. The highest BCUT2D eigenvalue weighted by atomic mass is 16.5. The van der Waals surface area contributed by atoms with Crippen LogP contribution in [0.3, 0.4) is 0 Å². The number of hydrogen-bond acceptors (Lipinski definition) is 6. The van der Waals surface area contributed by atoms with Gasteiger partial charge in [0.15, 0.2) is 0 Å². The highest BCUT2D eigenvalue weighted by Gasteiger charge is 2.08. The number of methoxy groups -OCH3 is 1. The number of hydrogen-bond donors (Lipinski definition) is 0. The second-order valence-electron chi connectivity index (χ2n) is 6.25. The molecule has 0 aliphatic carbocycles. The maximum Gasteiger partial charge on any atom is 0.336 e. The monoisotopic (exact) mass is 386 g/mol. The van der Waals surface area contributed by atoms with Gasteiger partial charge in [0.2, 0.25) is 0 Å². The van der Waals surface area contributed by atoms with Gasteiger partial charge in [-0.2, -0.15) is 0 Å². The van der Waals surface area contributed by atoms with E-state index in [2.05, 4.69) is 9.98 Å². The molecule has 0 spiro atoms. The Hall–Kier alpha value is -3.93. The fourth-order valence-electron chi connectivity index (χ4n) is 2.84. The van der Waals surface area contributed by atoms with Gasteiger partial charge in [-0.1, -0.05) is 6.07 Å². The lowest BCUT2D eigenvalue weighted by molar-refractivity contribution is 0.306. The largest absolute Gasteiger partial charge is 0.497 e. The van der Waals surface area contributed by atoms with Crippen LogP contribution in [-0.4, -0.2) is 18.3 Å². The number of aromatic nitrogens is 1. The van der Waals surface area contributed by atoms with E-state index in [1.807, 2.05) is 48.5 Å². The molecule has 0 unspecified atom stereocenters. The fourth-order valence-corrected chi connectivity index (χ4v) is 2.84. The lowest BCUT2D eigenvalue weighted by Crippen LogP contribution is -2.04. The molecule has 0 N–H and O–H groups in total. The summed E-state index contributed by atoms with van der Waals surface area (Å²) in [5.74, 6) is 1.36. The Labute approximate surface area is 167 Å². The van der Waals surface area contributed by atoms with Crippen molar-refractivity contribution in [1.82, 2.24) is 4.98 Å². The number of ether oxygens (including phenoxy) is 2. The molecule has 0 saturated heterocycles. The topological polar surface area (TPSA) is 73.9 Å². The van der Waals surface area contributed by atoms with Gasteiger partial charge in [-0.3, -0.25) is 9.98 Å². The van der Waals surface area contributed by atoms with Crippen molar-refractivity contribution in [3.8, 4) is 11.5 Å². The summed E-state index contributed by atoms with van der Waals surface area (Å²) in [6.07, 6.45) is 3.43. The van der Waals surface area contributed by atoms with E-state index in [1.165, 1.54) is 6.07 Å². The van der Waals surface area contributed by atoms with E-state index in [0.29, 0.717) is 17.1 Å². The van der Waals surface area contributed by atoms with Crippen LogP contribution in [0.4, 0.5) is 5.69 Å². The predicted octanol–water partition coefficient (Wildman–Crippen LogP) is 4.53. The summed E-state index contributed by atoms with van der Waals surface area (Å²) in [6, 6.07) is 19.8. The zero-order chi connectivity index (χ0) is 20.1. The molecule has 29 heavy (non-hydrogen) atoms. The van der Waals surface area contributed by atoms with Crippen molar-refractivity contribution in [2.24, 2.45) is 4.99 Å². The Morgan fingerprint density at radius 1 is 1.03 bits per heavy atom. The molecule has 2 heterocycles. The van der Waals surface area contributed by atoms with Gasteiger partial charge in [-0.05, 0) is 54.6 Å². The first kappa shape index (κ1) is 18.4. The summed E-state index contributed by atoms with van der Waals surface area (Å²) in [4.78, 5) is 20.4. The van der Waals surface area contributed by atoms with Gasteiger partial charge < -0.3 is 13.9 Å². The molecule has 0 atom stereocenters. The molecule has 4 aromatic rings. The normalized spacial score (nSPS) is 11.1. The second kappa shape index (κ2) is 8.39. The number of aliphatic imine (C=N–C) groups is 1. The van der Waals surface area contributed by atoms with Crippen LogP contribution in [0.5, 0.6) is 11.5 Å². The lowest BCUT2D eigenvalue weighted by Gasteiger charge is -2.09. The highest BCUT2D eigenvalue weighted by Crippen LogP contribution is 2.25. The first-order valence-corrected chi connectivity index (χ1v) is 9.00. The Kier molecular flexibility index (Phi) is 5.33. The van der Waals surface area contributed by atoms with Crippen LogP contribution in [0.25, 0.3) is 11.0 Å². The molecular weight excluding hydrogens is 368 g/mol. The maximum absolute atomic E-state index is 11.8. The van der Waals surface area contributed by atoms with Crippen LogP contribution in [0.1, 0.15) is 11.3 Å². The molecule has 6 heteroatoms. The summed E-state index contributed by atoms with van der Waals surface area (Å²) in [5.41, 5.74) is 2.39. The number of benzene rings is 2. The summed E-state index contributed by atoms with van der Waals surface area (Å²) in [6.45, 7) is 0.228. The summed E-state index contributed by atoms with van der Waals surface area (Å²) < 4.78 is 16.4. The van der Waals surface area contributed by atoms with Gasteiger partial charge >= 0.3 is 5.63 Å². The molecule has 0 amide bonds. The average molecular weight is 386 g/mol. The fraction of sp³-hybridized carbons (Fsp3) is 0.0870. The summed E-state index contributed by atoms with van der Waals surface area (Å²) in [7, 11) is 1.59. The van der Waals surface area contributed by atoms with Crippen LogP contribution in [-0.2, 0) is 6.61 Å². The van der Waals surface area contributed by atoms with Crippen molar-refractivity contribution >= 4 is 22.9 Å². The quantitative estimate of drug-likeness (QED) is 0.360. The van der Waals surface area contributed by atoms with Gasteiger partial charge in [0, 0.05) is 23.2 Å². The minimum atomic E-state index is -0.416. The zero-order valence-electron chi connectivity index (χ0n) is 15.7. The molecule has 0 fully saturated rings. The average Bonchev–Trinajstić information content (AvgIpc) is 2.77. The van der Waals surface area contributed by atoms with Gasteiger partial charge in [0.05, 0.1) is 24.7 Å². The zero-order valence-corrected chi connectivity index (χ0v) is 15.7. The third kappa shape index (κ3) is 4.50. The van der Waals surface area contributed by atoms with E-state index in [0.717, 1.165) is 22.3 Å². The predicted molar refractivity (Wildman–Crippen MR) is 111 cm³/mol. The highest BCUT2D eigenvalue weighted by molar-refractivity contribution is 5.81. The van der Waals surface area contributed by atoms with Crippen molar-refractivity contribution in [1.29, 1.82) is 0 Å². The SMILES string of the molecule is COc1ccc2oc(=O)cc(COc3ccc(N=Cc4ccccn4)cc3)c2c1. The van der Waals surface area contributed by atoms with E-state index in [4.69, 9.17) is 13.9 Å². The van der Waals surface area contributed by atoms with E-state index < -0.39 is 5.63 Å². The Bertz CT molecular complexity index is 1200. The number of fused-ring (bicyclic) bond motifs is 1. The third-order valence-corrected chi connectivity index (χ3v) is 4.30. The molecule has 0 aliphatic rings.